The molecule has 1 aliphatic rings. The van der Waals surface area contributed by atoms with E-state index in [1.807, 2.05) is 33.7 Å². The predicted molar refractivity (Wildman–Crippen MR) is 98.9 cm³/mol. The number of nitro benzene ring substituents is 1. The van der Waals surface area contributed by atoms with Crippen molar-refractivity contribution >= 4 is 23.0 Å². The minimum atomic E-state index is -0.608. The second-order valence-electron chi connectivity index (χ2n) is 6.43. The number of aromatic nitrogens is 2. The van der Waals surface area contributed by atoms with E-state index in [2.05, 4.69) is 4.98 Å². The van der Waals surface area contributed by atoms with Gasteiger partial charge in [-0.2, -0.15) is 0 Å². The molecule has 4 rings (SSSR count). The van der Waals surface area contributed by atoms with E-state index < -0.39 is 10.9 Å². The number of benzene rings is 1. The zero-order valence-electron chi connectivity index (χ0n) is 14.6. The van der Waals surface area contributed by atoms with Crippen molar-refractivity contribution in [2.24, 2.45) is 0 Å². The van der Waals surface area contributed by atoms with Crippen LogP contribution in [0.4, 0.5) is 11.4 Å². The quantitative estimate of drug-likeness (QED) is 0.391. The lowest BCUT2D eigenvalue weighted by atomic mass is 10.1. The van der Waals surface area contributed by atoms with Gasteiger partial charge in [0.25, 0.3) is 5.69 Å². The summed E-state index contributed by atoms with van der Waals surface area (Å²) in [7, 11) is 0. The first-order valence-electron chi connectivity index (χ1n) is 8.75. The molecule has 1 aliphatic heterocycles. The van der Waals surface area contributed by atoms with E-state index in [-0.39, 0.29) is 17.9 Å². The molecule has 8 heteroatoms. The van der Waals surface area contributed by atoms with E-state index in [9.17, 15) is 14.9 Å². The molecule has 0 atom stereocenters. The molecule has 0 radical (unpaired) electrons. The number of carbonyl (C=O) groups excluding carboxylic acids is 1. The highest BCUT2D eigenvalue weighted by Crippen LogP contribution is 2.31. The third kappa shape index (κ3) is 3.46. The third-order valence-corrected chi connectivity index (χ3v) is 4.62. The minimum Gasteiger partial charge on any atom is -0.456 e. The van der Waals surface area contributed by atoms with Crippen LogP contribution in [0.2, 0.25) is 0 Å². The van der Waals surface area contributed by atoms with Gasteiger partial charge in [0.15, 0.2) is 0 Å². The molecule has 0 amide bonds. The second-order valence-corrected chi connectivity index (χ2v) is 6.43. The Morgan fingerprint density at radius 2 is 2.04 bits per heavy atom. The molecule has 27 heavy (non-hydrogen) atoms. The Balaban J connectivity index is 1.50. The highest BCUT2D eigenvalue weighted by molar-refractivity contribution is 5.91. The molecule has 0 unspecified atom stereocenters. The van der Waals surface area contributed by atoms with E-state index in [1.54, 1.807) is 18.3 Å². The van der Waals surface area contributed by atoms with Crippen molar-refractivity contribution in [1.82, 2.24) is 9.38 Å². The molecular weight excluding hydrogens is 348 g/mol. The zero-order valence-corrected chi connectivity index (χ0v) is 14.6. The Bertz CT molecular complexity index is 975. The molecular formula is C19H18N4O4. The first-order chi connectivity index (χ1) is 13.1. The summed E-state index contributed by atoms with van der Waals surface area (Å²) < 4.78 is 7.13. The number of anilines is 1. The second kappa shape index (κ2) is 7.06. The van der Waals surface area contributed by atoms with Gasteiger partial charge in [0.2, 0.25) is 0 Å². The standard InChI is InChI=1S/C19H18N4O4/c24-19(27-13-15-12-22-10-2-1-5-18(22)20-15)14-6-7-16(17(11-14)23(25)26)21-8-3-4-9-21/h1-2,5-7,10-12H,3-4,8-9,13H2. The molecule has 1 aromatic carbocycles. The molecule has 0 saturated carbocycles. The third-order valence-electron chi connectivity index (χ3n) is 4.62. The molecule has 1 saturated heterocycles. The first-order valence-corrected chi connectivity index (χ1v) is 8.75. The summed E-state index contributed by atoms with van der Waals surface area (Å²) in [6.45, 7) is 1.58. The summed E-state index contributed by atoms with van der Waals surface area (Å²) in [6, 6.07) is 10.1. The molecule has 2 aromatic heterocycles. The van der Waals surface area contributed by atoms with E-state index >= 15 is 0 Å². The lowest BCUT2D eigenvalue weighted by Gasteiger charge is -2.17. The molecule has 0 bridgehead atoms. The van der Waals surface area contributed by atoms with Crippen molar-refractivity contribution in [2.45, 2.75) is 19.4 Å². The van der Waals surface area contributed by atoms with E-state index in [1.165, 1.54) is 6.07 Å². The van der Waals surface area contributed by atoms with Crippen LogP contribution in [0.5, 0.6) is 0 Å². The predicted octanol–water partition coefficient (Wildman–Crippen LogP) is 3.20. The number of rotatable bonds is 5. The van der Waals surface area contributed by atoms with Crippen LogP contribution in [0.1, 0.15) is 28.9 Å². The van der Waals surface area contributed by atoms with Gasteiger partial charge in [-0.1, -0.05) is 6.07 Å². The Hall–Kier alpha value is -3.42. The van der Waals surface area contributed by atoms with Gasteiger partial charge in [0, 0.05) is 31.5 Å². The number of nitrogens with zero attached hydrogens (tertiary/aromatic N) is 4. The lowest BCUT2D eigenvalue weighted by molar-refractivity contribution is -0.384. The highest BCUT2D eigenvalue weighted by Gasteiger charge is 2.24. The van der Waals surface area contributed by atoms with E-state index in [0.29, 0.717) is 11.4 Å². The van der Waals surface area contributed by atoms with Gasteiger partial charge in [-0.15, -0.1) is 0 Å². The van der Waals surface area contributed by atoms with E-state index in [0.717, 1.165) is 31.6 Å². The first kappa shape index (κ1) is 17.0. The van der Waals surface area contributed by atoms with Gasteiger partial charge >= 0.3 is 5.97 Å². The van der Waals surface area contributed by atoms with Crippen LogP contribution in [-0.4, -0.2) is 33.4 Å². The smallest absolute Gasteiger partial charge is 0.338 e. The van der Waals surface area contributed by atoms with Gasteiger partial charge in [0.05, 0.1) is 16.2 Å². The summed E-state index contributed by atoms with van der Waals surface area (Å²) in [5.41, 5.74) is 2.01. The van der Waals surface area contributed by atoms with Crippen molar-refractivity contribution in [3.63, 3.8) is 0 Å². The van der Waals surface area contributed by atoms with Crippen molar-refractivity contribution in [1.29, 1.82) is 0 Å². The maximum absolute atomic E-state index is 12.3. The molecule has 0 spiro atoms. The number of hydrogen-bond acceptors (Lipinski definition) is 6. The zero-order chi connectivity index (χ0) is 18.8. The molecule has 3 heterocycles. The number of hydrogen-bond donors (Lipinski definition) is 0. The maximum atomic E-state index is 12.3. The molecule has 8 nitrogen and oxygen atoms in total. The normalized spacial score (nSPS) is 13.9. The van der Waals surface area contributed by atoms with Crippen molar-refractivity contribution in [2.75, 3.05) is 18.0 Å². The summed E-state index contributed by atoms with van der Waals surface area (Å²) in [5.74, 6) is -0.608. The molecule has 1 fully saturated rings. The Labute approximate surface area is 155 Å². The number of esters is 1. The van der Waals surface area contributed by atoms with E-state index in [4.69, 9.17) is 4.74 Å². The summed E-state index contributed by atoms with van der Waals surface area (Å²) >= 11 is 0. The van der Waals surface area contributed by atoms with Crippen molar-refractivity contribution in [3.8, 4) is 0 Å². The molecule has 138 valence electrons. The van der Waals surface area contributed by atoms with Gasteiger partial charge < -0.3 is 14.0 Å². The Morgan fingerprint density at radius 1 is 1.22 bits per heavy atom. The fourth-order valence-electron chi connectivity index (χ4n) is 3.30. The summed E-state index contributed by atoms with van der Waals surface area (Å²) in [5, 5.41) is 11.4. The van der Waals surface area contributed by atoms with Crippen LogP contribution in [-0.2, 0) is 11.3 Å². The van der Waals surface area contributed by atoms with Crippen LogP contribution in [0.15, 0.2) is 48.8 Å². The van der Waals surface area contributed by atoms with Gasteiger partial charge in [0.1, 0.15) is 17.9 Å². The monoisotopic (exact) mass is 366 g/mol. The number of pyridine rings is 1. The Kier molecular flexibility index (Phi) is 4.45. The maximum Gasteiger partial charge on any atom is 0.338 e. The fraction of sp³-hybridized carbons (Fsp3) is 0.263. The molecule has 3 aromatic rings. The number of carbonyl (C=O) groups is 1. The van der Waals surface area contributed by atoms with Crippen LogP contribution >= 0.6 is 0 Å². The SMILES string of the molecule is O=C(OCc1cn2ccccc2n1)c1ccc(N2CCCC2)c([N+](=O)[O-])c1. The van der Waals surface area contributed by atoms with Gasteiger partial charge in [-0.25, -0.2) is 9.78 Å². The van der Waals surface area contributed by atoms with Crippen molar-refractivity contribution < 1.29 is 14.5 Å². The topological polar surface area (TPSA) is 90.0 Å². The largest absolute Gasteiger partial charge is 0.456 e. The summed E-state index contributed by atoms with van der Waals surface area (Å²) in [6.07, 6.45) is 5.66. The van der Waals surface area contributed by atoms with Gasteiger partial charge in [-0.05, 0) is 37.1 Å². The van der Waals surface area contributed by atoms with Crippen LogP contribution in [0.25, 0.3) is 5.65 Å². The number of fused-ring (bicyclic) bond motifs is 1. The minimum absolute atomic E-state index is 0.00217. The molecule has 0 aliphatic carbocycles. The number of nitro groups is 1. The highest BCUT2D eigenvalue weighted by atomic mass is 16.6. The summed E-state index contributed by atoms with van der Waals surface area (Å²) in [4.78, 5) is 29.7. The average Bonchev–Trinajstić information content (AvgIpc) is 3.34. The Morgan fingerprint density at radius 3 is 2.78 bits per heavy atom. The fourth-order valence-corrected chi connectivity index (χ4v) is 3.30. The van der Waals surface area contributed by atoms with Crippen LogP contribution in [0.3, 0.4) is 0 Å². The number of ether oxygens (including phenoxy) is 1. The van der Waals surface area contributed by atoms with Gasteiger partial charge in [-0.3, -0.25) is 10.1 Å². The lowest BCUT2D eigenvalue weighted by Crippen LogP contribution is -2.19. The average molecular weight is 366 g/mol. The van der Waals surface area contributed by atoms with Crippen LogP contribution < -0.4 is 4.90 Å². The number of imidazole rings is 1. The van der Waals surface area contributed by atoms with Crippen molar-refractivity contribution in [3.05, 3.63) is 70.2 Å². The molecule has 0 N–H and O–H groups in total. The van der Waals surface area contributed by atoms with Crippen LogP contribution in [0, 0.1) is 10.1 Å².